The van der Waals surface area contributed by atoms with Crippen LogP contribution in [0.3, 0.4) is 0 Å². The Bertz CT molecular complexity index is 1230. The van der Waals surface area contributed by atoms with E-state index < -0.39 is 5.97 Å². The second kappa shape index (κ2) is 9.90. The molecule has 0 aliphatic rings. The molecule has 2 N–H and O–H groups in total. The zero-order valence-corrected chi connectivity index (χ0v) is 18.6. The van der Waals surface area contributed by atoms with E-state index >= 15 is 0 Å². The van der Waals surface area contributed by atoms with Crippen LogP contribution in [0.4, 0.5) is 0 Å². The Balaban J connectivity index is 1.60. The number of fused-ring (bicyclic) bond motifs is 1. The topological polar surface area (TPSA) is 63.5 Å². The molecule has 0 atom stereocenters. The molecule has 32 heavy (non-hydrogen) atoms. The normalized spacial score (nSPS) is 11.1. The maximum absolute atomic E-state index is 12.3. The summed E-state index contributed by atoms with van der Waals surface area (Å²) in [6, 6.07) is 23.3. The van der Waals surface area contributed by atoms with Gasteiger partial charge in [0.25, 0.3) is 0 Å². The van der Waals surface area contributed by atoms with Gasteiger partial charge in [-0.15, -0.1) is 0 Å². The number of carboxylic acid groups (broad SMARTS) is 1. The number of ether oxygens (including phenoxy) is 1. The van der Waals surface area contributed by atoms with Crippen molar-refractivity contribution in [2.24, 2.45) is 0 Å². The highest BCUT2D eigenvalue weighted by Crippen LogP contribution is 2.28. The summed E-state index contributed by atoms with van der Waals surface area (Å²) in [5, 5.41) is 15.1. The molecule has 5 nitrogen and oxygen atoms in total. The molecule has 1 heterocycles. The third kappa shape index (κ3) is 4.64. The van der Waals surface area contributed by atoms with Gasteiger partial charge in [0.15, 0.2) is 0 Å². The van der Waals surface area contributed by atoms with Crippen molar-refractivity contribution in [1.29, 1.82) is 0 Å². The van der Waals surface area contributed by atoms with Crippen LogP contribution >= 0.6 is 11.6 Å². The molecular formula is C26H25ClN2O3. The molecule has 0 radical (unpaired) electrons. The van der Waals surface area contributed by atoms with E-state index in [-0.39, 0.29) is 0 Å². The first-order valence-corrected chi connectivity index (χ1v) is 10.9. The predicted octanol–water partition coefficient (Wildman–Crippen LogP) is 5.38. The molecule has 0 aliphatic carbocycles. The Morgan fingerprint density at radius 3 is 2.50 bits per heavy atom. The second-order valence-corrected chi connectivity index (χ2v) is 8.04. The van der Waals surface area contributed by atoms with Gasteiger partial charge in [-0.1, -0.05) is 60.1 Å². The molecule has 4 aromatic rings. The zero-order chi connectivity index (χ0) is 22.5. The van der Waals surface area contributed by atoms with Gasteiger partial charge >= 0.3 is 5.97 Å². The lowest BCUT2D eigenvalue weighted by Crippen LogP contribution is -2.19. The maximum Gasteiger partial charge on any atom is 0.352 e. The lowest BCUT2D eigenvalue weighted by molar-refractivity contribution is 0.0685. The molecule has 0 spiro atoms. The van der Waals surface area contributed by atoms with Crippen LogP contribution in [-0.4, -0.2) is 29.3 Å². The van der Waals surface area contributed by atoms with Crippen molar-refractivity contribution in [2.75, 3.05) is 13.7 Å². The Morgan fingerprint density at radius 1 is 1.03 bits per heavy atom. The molecule has 0 bridgehead atoms. The SMILES string of the molecule is COc1ccccc1CCNCc1c(C(=O)O)n(Cc2ccc(Cl)cc2)c2ccccc12. The van der Waals surface area contributed by atoms with Crippen molar-refractivity contribution < 1.29 is 14.6 Å². The number of rotatable bonds is 9. The summed E-state index contributed by atoms with van der Waals surface area (Å²) in [5.74, 6) is -0.0724. The van der Waals surface area contributed by atoms with E-state index in [1.165, 1.54) is 0 Å². The van der Waals surface area contributed by atoms with Gasteiger partial charge < -0.3 is 19.7 Å². The lowest BCUT2D eigenvalue weighted by Gasteiger charge is -2.11. The van der Waals surface area contributed by atoms with Crippen LogP contribution in [0.25, 0.3) is 10.9 Å². The molecule has 0 saturated heterocycles. The minimum atomic E-state index is -0.934. The van der Waals surface area contributed by atoms with Crippen molar-refractivity contribution in [1.82, 2.24) is 9.88 Å². The lowest BCUT2D eigenvalue weighted by atomic mass is 10.1. The number of hydrogen-bond acceptors (Lipinski definition) is 3. The van der Waals surface area contributed by atoms with Gasteiger partial charge in [0, 0.05) is 34.6 Å². The van der Waals surface area contributed by atoms with Crippen LogP contribution in [0.1, 0.15) is 27.2 Å². The van der Waals surface area contributed by atoms with Crippen molar-refractivity contribution >= 4 is 28.5 Å². The van der Waals surface area contributed by atoms with Crippen LogP contribution in [0.2, 0.25) is 5.02 Å². The first kappa shape index (κ1) is 21.9. The van der Waals surface area contributed by atoms with Gasteiger partial charge in [0.1, 0.15) is 11.4 Å². The third-order valence-electron chi connectivity index (χ3n) is 5.60. The minimum absolute atomic E-state index is 0.311. The number of aromatic carboxylic acids is 1. The molecule has 0 fully saturated rings. The van der Waals surface area contributed by atoms with E-state index in [4.69, 9.17) is 16.3 Å². The third-order valence-corrected chi connectivity index (χ3v) is 5.85. The number of nitrogens with zero attached hydrogens (tertiary/aromatic N) is 1. The van der Waals surface area contributed by atoms with Crippen molar-refractivity contribution in [3.8, 4) is 5.75 Å². The molecule has 164 valence electrons. The fourth-order valence-electron chi connectivity index (χ4n) is 4.08. The summed E-state index contributed by atoms with van der Waals surface area (Å²) in [5.41, 5.74) is 4.12. The summed E-state index contributed by atoms with van der Waals surface area (Å²) in [4.78, 5) is 12.3. The quantitative estimate of drug-likeness (QED) is 0.337. The summed E-state index contributed by atoms with van der Waals surface area (Å²) in [7, 11) is 1.67. The second-order valence-electron chi connectivity index (χ2n) is 7.60. The Hall–Kier alpha value is -3.28. The van der Waals surface area contributed by atoms with Gasteiger partial charge in [-0.25, -0.2) is 4.79 Å². The fourth-order valence-corrected chi connectivity index (χ4v) is 4.21. The first-order chi connectivity index (χ1) is 15.6. The average molecular weight is 449 g/mol. The minimum Gasteiger partial charge on any atom is -0.496 e. The van der Waals surface area contributed by atoms with Gasteiger partial charge in [-0.2, -0.15) is 0 Å². The highest BCUT2D eigenvalue weighted by molar-refractivity contribution is 6.30. The molecular weight excluding hydrogens is 424 g/mol. The average Bonchev–Trinajstić information content (AvgIpc) is 3.12. The van der Waals surface area contributed by atoms with Gasteiger partial charge in [-0.05, 0) is 48.4 Å². The molecule has 6 heteroatoms. The fraction of sp³-hybridized carbons (Fsp3) is 0.192. The van der Waals surface area contributed by atoms with Gasteiger partial charge in [0.05, 0.1) is 7.11 Å². The molecule has 4 rings (SSSR count). The molecule has 0 aliphatic heterocycles. The van der Waals surface area contributed by atoms with Crippen LogP contribution < -0.4 is 10.1 Å². The summed E-state index contributed by atoms with van der Waals surface area (Å²) in [6.45, 7) is 1.63. The number of nitrogens with one attached hydrogen (secondary N) is 1. The maximum atomic E-state index is 12.3. The van der Waals surface area contributed by atoms with Crippen LogP contribution in [-0.2, 0) is 19.5 Å². The van der Waals surface area contributed by atoms with E-state index in [0.29, 0.717) is 30.4 Å². The van der Waals surface area contributed by atoms with Crippen LogP contribution in [0.5, 0.6) is 5.75 Å². The predicted molar refractivity (Wildman–Crippen MR) is 128 cm³/mol. The number of para-hydroxylation sites is 2. The largest absolute Gasteiger partial charge is 0.496 e. The van der Waals surface area contributed by atoms with Gasteiger partial charge in [-0.3, -0.25) is 0 Å². The number of methoxy groups -OCH3 is 1. The number of carboxylic acids is 1. The Kier molecular flexibility index (Phi) is 6.78. The van der Waals surface area contributed by atoms with Gasteiger partial charge in [0.2, 0.25) is 0 Å². The highest BCUT2D eigenvalue weighted by atomic mass is 35.5. The van der Waals surface area contributed by atoms with E-state index in [1.807, 2.05) is 77.4 Å². The van der Waals surface area contributed by atoms with E-state index in [0.717, 1.165) is 39.8 Å². The molecule has 0 amide bonds. The zero-order valence-electron chi connectivity index (χ0n) is 17.8. The highest BCUT2D eigenvalue weighted by Gasteiger charge is 2.22. The van der Waals surface area contributed by atoms with Crippen LogP contribution in [0, 0.1) is 0 Å². The molecule has 3 aromatic carbocycles. The van der Waals surface area contributed by atoms with E-state index in [1.54, 1.807) is 7.11 Å². The number of aromatic nitrogens is 1. The van der Waals surface area contributed by atoms with E-state index in [9.17, 15) is 9.90 Å². The smallest absolute Gasteiger partial charge is 0.352 e. The number of halogens is 1. The van der Waals surface area contributed by atoms with Crippen molar-refractivity contribution in [3.63, 3.8) is 0 Å². The van der Waals surface area contributed by atoms with Crippen molar-refractivity contribution in [3.05, 3.63) is 100 Å². The summed E-state index contributed by atoms with van der Waals surface area (Å²) >= 11 is 6.01. The van der Waals surface area contributed by atoms with E-state index in [2.05, 4.69) is 5.32 Å². The summed E-state index contributed by atoms with van der Waals surface area (Å²) in [6.07, 6.45) is 0.788. The number of carbonyl (C=O) groups is 1. The number of benzene rings is 3. The first-order valence-electron chi connectivity index (χ1n) is 10.5. The standard InChI is InChI=1S/C26H25ClN2O3/c1-32-24-9-5-2-6-19(24)14-15-28-16-22-21-7-3-4-8-23(21)29(25(22)26(30)31)17-18-10-12-20(27)13-11-18/h2-13,28H,14-17H2,1H3,(H,30,31). The van der Waals surface area contributed by atoms with Crippen LogP contribution in [0.15, 0.2) is 72.8 Å². The monoisotopic (exact) mass is 448 g/mol. The molecule has 0 saturated carbocycles. The Labute approximate surface area is 192 Å². The van der Waals surface area contributed by atoms with Crippen molar-refractivity contribution in [2.45, 2.75) is 19.5 Å². The summed E-state index contributed by atoms with van der Waals surface area (Å²) < 4.78 is 7.29. The Morgan fingerprint density at radius 2 is 1.75 bits per heavy atom. The molecule has 1 aromatic heterocycles. The molecule has 0 unspecified atom stereocenters. The number of hydrogen-bond donors (Lipinski definition) is 2.